The number of aliphatic hydroxyl groups is 3. The molecule has 11 nitrogen and oxygen atoms in total. The Bertz CT molecular complexity index is 749. The van der Waals surface area contributed by atoms with Gasteiger partial charge in [-0.25, -0.2) is 15.0 Å². The number of nitrogens with zero attached hydrogens (tertiary/aromatic N) is 4. The number of fused-ring (bicyclic) bond motifs is 1. The fraction of sp³-hybridized carbons (Fsp3) is 0.500. The number of hydrogen-bond acceptors (Lipinski definition) is 9. The first-order chi connectivity index (χ1) is 10.9. The molecule has 3 heterocycles. The number of anilines is 1. The highest BCUT2D eigenvalue weighted by atomic mass is 16.6. The van der Waals surface area contributed by atoms with Gasteiger partial charge in [-0.2, -0.15) is 0 Å². The zero-order valence-corrected chi connectivity index (χ0v) is 11.9. The number of nitrogens with two attached hydrogens (primary N) is 2. The molecule has 7 N–H and O–H groups in total. The van der Waals surface area contributed by atoms with Crippen molar-refractivity contribution in [3.05, 3.63) is 12.2 Å². The molecule has 124 valence electrons. The van der Waals surface area contributed by atoms with Gasteiger partial charge in [0.25, 0.3) is 0 Å². The van der Waals surface area contributed by atoms with Crippen LogP contribution in [0.1, 0.15) is 12.1 Å². The molecule has 1 saturated heterocycles. The summed E-state index contributed by atoms with van der Waals surface area (Å²) in [4.78, 5) is 23.3. The summed E-state index contributed by atoms with van der Waals surface area (Å²) in [5.41, 5.74) is 11.4. The molecule has 1 aliphatic heterocycles. The first kappa shape index (κ1) is 15.6. The van der Waals surface area contributed by atoms with Crippen LogP contribution in [0, 0.1) is 0 Å². The second-order valence-corrected chi connectivity index (χ2v) is 5.20. The van der Waals surface area contributed by atoms with Gasteiger partial charge in [-0.1, -0.05) is 0 Å². The summed E-state index contributed by atoms with van der Waals surface area (Å²) in [6.45, 7) is -0.483. The minimum atomic E-state index is -1.35. The van der Waals surface area contributed by atoms with Crippen molar-refractivity contribution in [2.24, 2.45) is 5.73 Å². The van der Waals surface area contributed by atoms with Gasteiger partial charge in [0.2, 0.25) is 5.91 Å². The average molecular weight is 324 g/mol. The van der Waals surface area contributed by atoms with Gasteiger partial charge in [0.15, 0.2) is 23.2 Å². The molecule has 1 aliphatic rings. The molecule has 11 heteroatoms. The van der Waals surface area contributed by atoms with E-state index < -0.39 is 37.1 Å². The number of rotatable bonds is 4. The van der Waals surface area contributed by atoms with Gasteiger partial charge in [0.1, 0.15) is 30.5 Å². The lowest BCUT2D eigenvalue weighted by molar-refractivity contribution is -0.117. The third-order valence-corrected chi connectivity index (χ3v) is 3.68. The number of carbonyl (C=O) groups is 1. The molecule has 0 aliphatic carbocycles. The van der Waals surface area contributed by atoms with E-state index in [4.69, 9.17) is 16.2 Å². The number of ether oxygens (including phenoxy) is 1. The number of carbonyl (C=O) groups excluding carboxylic acids is 1. The first-order valence-electron chi connectivity index (χ1n) is 6.82. The highest BCUT2D eigenvalue weighted by molar-refractivity contribution is 5.83. The van der Waals surface area contributed by atoms with Crippen molar-refractivity contribution >= 4 is 22.9 Å². The minimum absolute atomic E-state index is 0.0891. The van der Waals surface area contributed by atoms with E-state index in [1.54, 1.807) is 0 Å². The molecule has 0 unspecified atom stereocenters. The largest absolute Gasteiger partial charge is 0.394 e. The van der Waals surface area contributed by atoms with Crippen LogP contribution < -0.4 is 11.5 Å². The summed E-state index contributed by atoms with van der Waals surface area (Å²) in [6.07, 6.45) is -3.78. The van der Waals surface area contributed by atoms with Crippen molar-refractivity contribution in [3.63, 3.8) is 0 Å². The lowest BCUT2D eigenvalue weighted by atomic mass is 10.1. The molecule has 0 radical (unpaired) electrons. The second-order valence-electron chi connectivity index (χ2n) is 5.20. The quantitative estimate of drug-likeness (QED) is 0.392. The maximum absolute atomic E-state index is 11.3. The Morgan fingerprint density at radius 1 is 1.35 bits per heavy atom. The van der Waals surface area contributed by atoms with E-state index in [2.05, 4.69) is 15.0 Å². The van der Waals surface area contributed by atoms with Crippen LogP contribution in [0.2, 0.25) is 0 Å². The van der Waals surface area contributed by atoms with E-state index in [0.717, 1.165) is 0 Å². The Morgan fingerprint density at radius 3 is 2.70 bits per heavy atom. The van der Waals surface area contributed by atoms with Crippen LogP contribution in [-0.4, -0.2) is 65.7 Å². The van der Waals surface area contributed by atoms with Crippen LogP contribution in [0.25, 0.3) is 11.2 Å². The topological polar surface area (TPSA) is 183 Å². The van der Waals surface area contributed by atoms with Crippen LogP contribution in [0.5, 0.6) is 0 Å². The van der Waals surface area contributed by atoms with E-state index in [-0.39, 0.29) is 29.2 Å². The zero-order valence-electron chi connectivity index (χ0n) is 11.9. The molecular formula is C12H16N6O5. The monoisotopic (exact) mass is 324 g/mol. The molecule has 0 saturated carbocycles. The Morgan fingerprint density at radius 2 is 2.09 bits per heavy atom. The second kappa shape index (κ2) is 5.70. The number of aromatic nitrogens is 4. The van der Waals surface area contributed by atoms with E-state index in [0.29, 0.717) is 0 Å². The molecule has 4 atom stereocenters. The van der Waals surface area contributed by atoms with Gasteiger partial charge in [0, 0.05) is 0 Å². The molecule has 3 rings (SSSR count). The lowest BCUT2D eigenvalue weighted by Crippen LogP contribution is -2.33. The summed E-state index contributed by atoms with van der Waals surface area (Å²) in [5, 5.41) is 29.3. The molecule has 23 heavy (non-hydrogen) atoms. The normalized spacial score (nSPS) is 27.6. The molecule has 0 aromatic carbocycles. The number of primary amides is 1. The summed E-state index contributed by atoms with van der Waals surface area (Å²) < 4.78 is 6.80. The van der Waals surface area contributed by atoms with Gasteiger partial charge in [-0.15, -0.1) is 0 Å². The number of hydrogen-bond donors (Lipinski definition) is 5. The lowest BCUT2D eigenvalue weighted by Gasteiger charge is -2.19. The molecule has 2 aromatic rings. The molecular weight excluding hydrogens is 308 g/mol. The standard InChI is InChI=1S/C12H16N6O5/c13-5(20)1-6-17-7-10(14)15-3-16-11(7)18(6)12-9(22)8(21)4(2-19)23-12/h3-4,8-9,12,19,21-22H,1-2H2,(H2,13,20)(H2,14,15,16)/t4-,8-,9-,12-/m0/s1. The SMILES string of the molecule is NC(=O)Cc1nc2c(N)ncnc2n1[C@H]1O[C@@H](CO)[C@H](O)[C@@H]1O. The summed E-state index contributed by atoms with van der Waals surface area (Å²) >= 11 is 0. The van der Waals surface area contributed by atoms with Crippen LogP contribution in [0.15, 0.2) is 6.33 Å². The maximum atomic E-state index is 11.3. The molecule has 1 fully saturated rings. The Labute approximate surface area is 129 Å². The third kappa shape index (κ3) is 2.49. The van der Waals surface area contributed by atoms with E-state index >= 15 is 0 Å². The molecule has 0 spiro atoms. The Hall–Kier alpha value is -2.34. The number of aliphatic hydroxyl groups excluding tert-OH is 3. The minimum Gasteiger partial charge on any atom is -0.394 e. The zero-order chi connectivity index (χ0) is 16.7. The maximum Gasteiger partial charge on any atom is 0.225 e. The molecule has 0 bridgehead atoms. The first-order valence-corrected chi connectivity index (χ1v) is 6.82. The molecule has 1 amide bonds. The average Bonchev–Trinajstić information content (AvgIpc) is 2.98. The van der Waals surface area contributed by atoms with Crippen molar-refractivity contribution < 1.29 is 24.9 Å². The Kier molecular flexibility index (Phi) is 3.85. The Balaban J connectivity index is 2.15. The number of imidazole rings is 1. The van der Waals surface area contributed by atoms with Crippen molar-refractivity contribution in [2.45, 2.75) is 31.0 Å². The van der Waals surface area contributed by atoms with E-state index in [1.807, 2.05) is 0 Å². The van der Waals surface area contributed by atoms with Crippen molar-refractivity contribution in [1.82, 2.24) is 19.5 Å². The number of amides is 1. The molecule has 2 aromatic heterocycles. The predicted octanol–water partition coefficient (Wildman–Crippen LogP) is -2.95. The van der Waals surface area contributed by atoms with Crippen LogP contribution >= 0.6 is 0 Å². The van der Waals surface area contributed by atoms with Gasteiger partial charge in [-0.05, 0) is 0 Å². The van der Waals surface area contributed by atoms with Gasteiger partial charge >= 0.3 is 0 Å². The van der Waals surface area contributed by atoms with Gasteiger partial charge in [0.05, 0.1) is 13.0 Å². The van der Waals surface area contributed by atoms with Crippen LogP contribution in [0.3, 0.4) is 0 Å². The highest BCUT2D eigenvalue weighted by Gasteiger charge is 2.45. The van der Waals surface area contributed by atoms with Crippen LogP contribution in [-0.2, 0) is 16.0 Å². The third-order valence-electron chi connectivity index (χ3n) is 3.68. The summed E-state index contributed by atoms with van der Waals surface area (Å²) in [7, 11) is 0. The fourth-order valence-electron chi connectivity index (χ4n) is 2.61. The predicted molar refractivity (Wildman–Crippen MR) is 75.6 cm³/mol. The van der Waals surface area contributed by atoms with Gasteiger partial charge < -0.3 is 31.5 Å². The van der Waals surface area contributed by atoms with Crippen LogP contribution in [0.4, 0.5) is 5.82 Å². The smallest absolute Gasteiger partial charge is 0.225 e. The van der Waals surface area contributed by atoms with Crippen molar-refractivity contribution in [1.29, 1.82) is 0 Å². The summed E-state index contributed by atoms with van der Waals surface area (Å²) in [6, 6.07) is 0. The number of nitrogen functional groups attached to an aromatic ring is 1. The highest BCUT2D eigenvalue weighted by Crippen LogP contribution is 2.33. The van der Waals surface area contributed by atoms with E-state index in [1.165, 1.54) is 10.9 Å². The fourth-order valence-corrected chi connectivity index (χ4v) is 2.61. The van der Waals surface area contributed by atoms with E-state index in [9.17, 15) is 20.1 Å². The van der Waals surface area contributed by atoms with Crippen molar-refractivity contribution in [3.8, 4) is 0 Å². The summed E-state index contributed by atoms with van der Waals surface area (Å²) in [5.74, 6) is -0.402. The van der Waals surface area contributed by atoms with Crippen molar-refractivity contribution in [2.75, 3.05) is 12.3 Å². The van der Waals surface area contributed by atoms with Gasteiger partial charge in [-0.3, -0.25) is 9.36 Å².